The number of nitrogens with zero attached hydrogens (tertiary/aromatic N) is 1. The van der Waals surface area contributed by atoms with E-state index in [0.717, 1.165) is 29.6 Å². The van der Waals surface area contributed by atoms with E-state index in [2.05, 4.69) is 31.6 Å². The van der Waals surface area contributed by atoms with Gasteiger partial charge in [0.1, 0.15) is 5.82 Å². The normalized spacial score (nSPS) is 17.2. The number of carbonyl (C=O) groups is 1. The lowest BCUT2D eigenvalue weighted by Gasteiger charge is -2.13. The van der Waals surface area contributed by atoms with E-state index in [1.807, 2.05) is 24.3 Å². The van der Waals surface area contributed by atoms with E-state index in [1.54, 1.807) is 6.07 Å². The Morgan fingerprint density at radius 1 is 1.27 bits per heavy atom. The summed E-state index contributed by atoms with van der Waals surface area (Å²) in [5.74, 6) is -0.589. The number of nitrogens with one attached hydrogen (secondary N) is 2. The molecule has 1 fully saturated rings. The minimum Gasteiger partial charge on any atom is -0.376 e. The highest BCUT2D eigenvalue weighted by atomic mass is 79.9. The van der Waals surface area contributed by atoms with Crippen molar-refractivity contribution in [2.45, 2.75) is 18.9 Å². The Balaban J connectivity index is 1.73. The molecule has 1 amide bonds. The number of ether oxygens (including phenoxy) is 1. The van der Waals surface area contributed by atoms with Gasteiger partial charge in [-0.3, -0.25) is 10.1 Å². The maximum atomic E-state index is 13.4. The zero-order chi connectivity index (χ0) is 18.4. The molecule has 2 aromatic rings. The second-order valence-corrected chi connectivity index (χ2v) is 6.84. The number of hydrogen-bond acceptors (Lipinski definition) is 3. The van der Waals surface area contributed by atoms with Crippen LogP contribution in [-0.2, 0) is 4.74 Å². The fourth-order valence-electron chi connectivity index (χ4n) is 2.57. The molecule has 3 rings (SSSR count). The molecule has 0 saturated carbocycles. The lowest BCUT2D eigenvalue weighted by Crippen LogP contribution is -2.36. The van der Waals surface area contributed by atoms with E-state index in [0.29, 0.717) is 12.5 Å². The average molecular weight is 420 g/mol. The second kappa shape index (κ2) is 8.91. The van der Waals surface area contributed by atoms with Gasteiger partial charge in [0.25, 0.3) is 5.91 Å². The summed E-state index contributed by atoms with van der Waals surface area (Å²) in [6.07, 6.45) is 2.03. The molecule has 1 atom stereocenters. The largest absolute Gasteiger partial charge is 0.376 e. The van der Waals surface area contributed by atoms with Gasteiger partial charge in [0.2, 0.25) is 5.96 Å². The first kappa shape index (κ1) is 18.5. The molecule has 0 aromatic heterocycles. The van der Waals surface area contributed by atoms with E-state index in [9.17, 15) is 9.18 Å². The van der Waals surface area contributed by atoms with Gasteiger partial charge in [-0.05, 0) is 55.3 Å². The van der Waals surface area contributed by atoms with Crippen molar-refractivity contribution < 1.29 is 13.9 Å². The van der Waals surface area contributed by atoms with Crippen LogP contribution in [-0.4, -0.2) is 31.1 Å². The first-order valence-electron chi connectivity index (χ1n) is 8.36. The first-order chi connectivity index (χ1) is 12.6. The minimum absolute atomic E-state index is 0.0581. The highest BCUT2D eigenvalue weighted by Gasteiger charge is 2.16. The number of anilines is 1. The van der Waals surface area contributed by atoms with E-state index >= 15 is 0 Å². The Hall–Kier alpha value is -2.25. The van der Waals surface area contributed by atoms with Crippen LogP contribution < -0.4 is 10.6 Å². The van der Waals surface area contributed by atoms with E-state index < -0.39 is 11.7 Å². The Morgan fingerprint density at radius 3 is 2.77 bits per heavy atom. The van der Waals surface area contributed by atoms with Gasteiger partial charge in [0.15, 0.2) is 0 Å². The molecule has 0 unspecified atom stereocenters. The summed E-state index contributed by atoms with van der Waals surface area (Å²) in [5.41, 5.74) is 1.01. The maximum Gasteiger partial charge on any atom is 0.258 e. The smallest absolute Gasteiger partial charge is 0.258 e. The predicted octanol–water partition coefficient (Wildman–Crippen LogP) is 3.97. The highest BCUT2D eigenvalue weighted by Crippen LogP contribution is 2.15. The van der Waals surface area contributed by atoms with Crippen molar-refractivity contribution in [3.63, 3.8) is 0 Å². The molecule has 7 heteroatoms. The molecule has 2 aromatic carbocycles. The van der Waals surface area contributed by atoms with Gasteiger partial charge in [0, 0.05) is 22.3 Å². The fourth-order valence-corrected chi connectivity index (χ4v) is 2.84. The summed E-state index contributed by atoms with van der Waals surface area (Å²) in [4.78, 5) is 16.9. The van der Waals surface area contributed by atoms with Crippen LogP contribution in [0.15, 0.2) is 58.0 Å². The zero-order valence-electron chi connectivity index (χ0n) is 14.0. The quantitative estimate of drug-likeness (QED) is 0.582. The molecule has 1 saturated heterocycles. The first-order valence-corrected chi connectivity index (χ1v) is 9.15. The summed E-state index contributed by atoms with van der Waals surface area (Å²) in [7, 11) is 0. The van der Waals surface area contributed by atoms with Crippen molar-refractivity contribution >= 4 is 33.5 Å². The van der Waals surface area contributed by atoms with Crippen molar-refractivity contribution in [1.82, 2.24) is 5.32 Å². The van der Waals surface area contributed by atoms with Crippen LogP contribution >= 0.6 is 15.9 Å². The van der Waals surface area contributed by atoms with E-state index in [-0.39, 0.29) is 11.7 Å². The average Bonchev–Trinajstić information content (AvgIpc) is 3.15. The Labute approximate surface area is 159 Å². The van der Waals surface area contributed by atoms with Gasteiger partial charge in [-0.15, -0.1) is 0 Å². The third-order valence-corrected chi connectivity index (χ3v) is 4.43. The van der Waals surface area contributed by atoms with E-state index in [4.69, 9.17) is 4.74 Å². The van der Waals surface area contributed by atoms with Gasteiger partial charge in [0.05, 0.1) is 12.6 Å². The number of benzene rings is 2. The molecule has 136 valence electrons. The summed E-state index contributed by atoms with van der Waals surface area (Å²) in [6, 6.07) is 13.0. The molecule has 0 aliphatic carbocycles. The van der Waals surface area contributed by atoms with Crippen LogP contribution in [0.1, 0.15) is 23.2 Å². The number of guanidine groups is 1. The van der Waals surface area contributed by atoms with Crippen LogP contribution in [0.2, 0.25) is 0 Å². The molecule has 1 heterocycles. The Kier molecular flexibility index (Phi) is 6.35. The standard InChI is InChI=1S/C19H19BrFN3O2/c20-14-6-8-16(9-7-14)23-19(22-12-17-5-2-10-26-17)24-18(25)13-3-1-4-15(21)11-13/h1,3-4,6-9,11,17H,2,5,10,12H2,(H2,22,23,24,25)/t17-/m0/s1. The van der Waals surface area contributed by atoms with Gasteiger partial charge < -0.3 is 10.1 Å². The number of halogens is 2. The molecular weight excluding hydrogens is 401 g/mol. The van der Waals surface area contributed by atoms with Crippen LogP contribution in [0.25, 0.3) is 0 Å². The zero-order valence-corrected chi connectivity index (χ0v) is 15.6. The molecule has 0 radical (unpaired) electrons. The third-order valence-electron chi connectivity index (χ3n) is 3.90. The fraction of sp³-hybridized carbons (Fsp3) is 0.263. The molecule has 0 spiro atoms. The molecular formula is C19H19BrFN3O2. The van der Waals surface area contributed by atoms with Crippen molar-refractivity contribution in [3.8, 4) is 0 Å². The molecule has 5 nitrogen and oxygen atoms in total. The number of amides is 1. The Bertz CT molecular complexity index is 790. The van der Waals surface area contributed by atoms with Crippen LogP contribution in [0.5, 0.6) is 0 Å². The summed E-state index contributed by atoms with van der Waals surface area (Å²) >= 11 is 3.38. The number of carbonyl (C=O) groups excluding carboxylic acids is 1. The number of hydrogen-bond donors (Lipinski definition) is 2. The molecule has 1 aliphatic rings. The van der Waals surface area contributed by atoms with E-state index in [1.165, 1.54) is 18.2 Å². The summed E-state index contributed by atoms with van der Waals surface area (Å²) in [6.45, 7) is 1.19. The summed E-state index contributed by atoms with van der Waals surface area (Å²) < 4.78 is 19.9. The highest BCUT2D eigenvalue weighted by molar-refractivity contribution is 9.10. The number of rotatable bonds is 4. The van der Waals surface area contributed by atoms with Crippen molar-refractivity contribution in [3.05, 3.63) is 64.4 Å². The molecule has 0 bridgehead atoms. The van der Waals surface area contributed by atoms with Crippen LogP contribution in [0, 0.1) is 5.82 Å². The minimum atomic E-state index is -0.462. The van der Waals surface area contributed by atoms with Gasteiger partial charge >= 0.3 is 0 Å². The lowest BCUT2D eigenvalue weighted by molar-refractivity contribution is 0.0975. The molecule has 1 aliphatic heterocycles. The van der Waals surface area contributed by atoms with Crippen LogP contribution in [0.4, 0.5) is 10.1 Å². The van der Waals surface area contributed by atoms with Gasteiger partial charge in [-0.1, -0.05) is 22.0 Å². The lowest BCUT2D eigenvalue weighted by atomic mass is 10.2. The van der Waals surface area contributed by atoms with Gasteiger partial charge in [-0.25, -0.2) is 9.38 Å². The monoisotopic (exact) mass is 419 g/mol. The summed E-state index contributed by atoms with van der Waals surface area (Å²) in [5, 5.41) is 5.81. The van der Waals surface area contributed by atoms with Gasteiger partial charge in [-0.2, -0.15) is 0 Å². The Morgan fingerprint density at radius 2 is 2.08 bits per heavy atom. The predicted molar refractivity (Wildman–Crippen MR) is 103 cm³/mol. The van der Waals surface area contributed by atoms with Crippen molar-refractivity contribution in [2.24, 2.45) is 4.99 Å². The molecule has 26 heavy (non-hydrogen) atoms. The van der Waals surface area contributed by atoms with Crippen LogP contribution in [0.3, 0.4) is 0 Å². The SMILES string of the molecule is O=C(NC(=NC[C@@H]1CCCO1)Nc1ccc(Br)cc1)c1cccc(F)c1. The number of aliphatic imine (C=N–C) groups is 1. The second-order valence-electron chi connectivity index (χ2n) is 5.92. The third kappa shape index (κ3) is 5.37. The van der Waals surface area contributed by atoms with Crippen molar-refractivity contribution in [2.75, 3.05) is 18.5 Å². The molecule has 2 N–H and O–H groups in total. The topological polar surface area (TPSA) is 62.7 Å². The maximum absolute atomic E-state index is 13.4. The van der Waals surface area contributed by atoms with Crippen molar-refractivity contribution in [1.29, 1.82) is 0 Å².